The van der Waals surface area contributed by atoms with E-state index in [-0.39, 0.29) is 31.4 Å². The van der Waals surface area contributed by atoms with Crippen molar-refractivity contribution in [3.05, 3.63) is 21.6 Å². The number of aromatic nitrogens is 2. The van der Waals surface area contributed by atoms with Crippen LogP contribution in [0.1, 0.15) is 0 Å². The van der Waals surface area contributed by atoms with Crippen molar-refractivity contribution in [1.82, 2.24) is 9.78 Å². The summed E-state index contributed by atoms with van der Waals surface area (Å²) in [6.45, 7) is 1.01. The Hall–Kier alpha value is -1.15. The summed E-state index contributed by atoms with van der Waals surface area (Å²) in [6, 6.07) is 0. The number of rotatable bonds is 8. The van der Waals surface area contributed by atoms with E-state index in [0.717, 1.165) is 4.68 Å². The lowest BCUT2D eigenvalue weighted by Gasteiger charge is -2.09. The Balaban J connectivity index is 2.57. The van der Waals surface area contributed by atoms with Gasteiger partial charge in [-0.05, 0) is 0 Å². The Labute approximate surface area is 109 Å². The zero-order chi connectivity index (χ0) is 13.4. The molecule has 0 aliphatic carbocycles. The van der Waals surface area contributed by atoms with E-state index >= 15 is 0 Å². The van der Waals surface area contributed by atoms with Gasteiger partial charge in [0.05, 0.1) is 44.9 Å². The van der Waals surface area contributed by atoms with Crippen LogP contribution in [0.4, 0.5) is 5.69 Å². The first-order chi connectivity index (χ1) is 8.70. The molecule has 1 aromatic rings. The SMILES string of the molecule is O=c1c(Cl)c(NCCOCCO)cnn1CCO. The summed E-state index contributed by atoms with van der Waals surface area (Å²) in [4.78, 5) is 11.7. The lowest BCUT2D eigenvalue weighted by Crippen LogP contribution is -2.26. The first-order valence-electron chi connectivity index (χ1n) is 5.49. The summed E-state index contributed by atoms with van der Waals surface area (Å²) >= 11 is 5.88. The molecule has 3 N–H and O–H groups in total. The largest absolute Gasteiger partial charge is 0.394 e. The molecule has 0 atom stereocenters. The summed E-state index contributed by atoms with van der Waals surface area (Å²) in [7, 11) is 0. The second-order valence-electron chi connectivity index (χ2n) is 3.39. The molecular formula is C10H16ClN3O4. The maximum absolute atomic E-state index is 11.7. The number of anilines is 1. The first kappa shape index (κ1) is 14.9. The molecule has 0 aromatic carbocycles. The predicted octanol–water partition coefficient (Wildman–Crippen LogP) is -0.690. The van der Waals surface area contributed by atoms with Gasteiger partial charge in [0.25, 0.3) is 5.56 Å². The molecule has 0 radical (unpaired) electrons. The van der Waals surface area contributed by atoms with Gasteiger partial charge in [0.15, 0.2) is 0 Å². The van der Waals surface area contributed by atoms with Gasteiger partial charge in [-0.25, -0.2) is 4.68 Å². The van der Waals surface area contributed by atoms with Gasteiger partial charge in [0.2, 0.25) is 0 Å². The highest BCUT2D eigenvalue weighted by Crippen LogP contribution is 2.14. The van der Waals surface area contributed by atoms with Crippen molar-refractivity contribution in [3.63, 3.8) is 0 Å². The summed E-state index contributed by atoms with van der Waals surface area (Å²) < 4.78 is 6.14. The van der Waals surface area contributed by atoms with E-state index < -0.39 is 5.56 Å². The molecule has 0 amide bonds. The first-order valence-corrected chi connectivity index (χ1v) is 5.87. The van der Waals surface area contributed by atoms with Gasteiger partial charge in [-0.1, -0.05) is 11.6 Å². The van der Waals surface area contributed by atoms with Crippen LogP contribution in [0.2, 0.25) is 5.02 Å². The topological polar surface area (TPSA) is 96.6 Å². The van der Waals surface area contributed by atoms with Crippen molar-refractivity contribution in [3.8, 4) is 0 Å². The van der Waals surface area contributed by atoms with Crippen LogP contribution in [0.3, 0.4) is 0 Å². The molecule has 0 spiro atoms. The molecule has 0 saturated heterocycles. The summed E-state index contributed by atoms with van der Waals surface area (Å²) in [5.41, 5.74) is -0.0320. The van der Waals surface area contributed by atoms with Gasteiger partial charge in [0.1, 0.15) is 5.02 Å². The van der Waals surface area contributed by atoms with Crippen LogP contribution in [0, 0.1) is 0 Å². The fourth-order valence-corrected chi connectivity index (χ4v) is 1.48. The molecular weight excluding hydrogens is 262 g/mol. The normalized spacial score (nSPS) is 10.6. The lowest BCUT2D eigenvalue weighted by molar-refractivity contribution is 0.0992. The smallest absolute Gasteiger partial charge is 0.287 e. The van der Waals surface area contributed by atoms with Crippen LogP contribution < -0.4 is 10.9 Å². The molecule has 7 nitrogen and oxygen atoms in total. The summed E-state index contributed by atoms with van der Waals surface area (Å²) in [5.74, 6) is 0. The van der Waals surface area contributed by atoms with E-state index in [1.807, 2.05) is 0 Å². The van der Waals surface area contributed by atoms with Crippen LogP contribution in [-0.2, 0) is 11.3 Å². The predicted molar refractivity (Wildman–Crippen MR) is 67.0 cm³/mol. The Kier molecular flexibility index (Phi) is 6.66. The number of ether oxygens (including phenoxy) is 1. The highest BCUT2D eigenvalue weighted by atomic mass is 35.5. The number of hydrogen-bond donors (Lipinski definition) is 3. The van der Waals surface area contributed by atoms with Gasteiger partial charge in [-0.3, -0.25) is 4.79 Å². The van der Waals surface area contributed by atoms with Gasteiger partial charge >= 0.3 is 0 Å². The average Bonchev–Trinajstić information content (AvgIpc) is 2.37. The molecule has 102 valence electrons. The van der Waals surface area contributed by atoms with Crippen LogP contribution >= 0.6 is 11.6 Å². The van der Waals surface area contributed by atoms with E-state index in [1.165, 1.54) is 6.20 Å². The summed E-state index contributed by atoms with van der Waals surface area (Å²) in [5, 5.41) is 24.0. The van der Waals surface area contributed by atoms with E-state index in [2.05, 4.69) is 10.4 Å². The van der Waals surface area contributed by atoms with Crippen molar-refractivity contribution < 1.29 is 14.9 Å². The van der Waals surface area contributed by atoms with Crippen LogP contribution in [0.5, 0.6) is 0 Å². The molecule has 0 saturated carbocycles. The Morgan fingerprint density at radius 1 is 1.39 bits per heavy atom. The fourth-order valence-electron chi connectivity index (χ4n) is 1.27. The average molecular weight is 278 g/mol. The Morgan fingerprint density at radius 3 is 2.83 bits per heavy atom. The molecule has 8 heteroatoms. The van der Waals surface area contributed by atoms with Gasteiger partial charge < -0.3 is 20.3 Å². The van der Waals surface area contributed by atoms with Gasteiger partial charge in [-0.15, -0.1) is 0 Å². The van der Waals surface area contributed by atoms with Gasteiger partial charge in [0, 0.05) is 6.54 Å². The van der Waals surface area contributed by atoms with Crippen molar-refractivity contribution >= 4 is 17.3 Å². The number of hydrogen-bond acceptors (Lipinski definition) is 6. The van der Waals surface area contributed by atoms with Crippen LogP contribution in [0.25, 0.3) is 0 Å². The van der Waals surface area contributed by atoms with Crippen molar-refractivity contribution in [2.24, 2.45) is 0 Å². The molecule has 0 aliphatic rings. The number of nitrogens with zero attached hydrogens (tertiary/aromatic N) is 2. The zero-order valence-electron chi connectivity index (χ0n) is 9.80. The van der Waals surface area contributed by atoms with E-state index in [1.54, 1.807) is 0 Å². The maximum Gasteiger partial charge on any atom is 0.287 e. The quantitative estimate of drug-likeness (QED) is 0.544. The van der Waals surface area contributed by atoms with E-state index in [4.69, 9.17) is 26.6 Å². The second-order valence-corrected chi connectivity index (χ2v) is 3.76. The standard InChI is InChI=1S/C10H16ClN3O4/c11-9-8(12-1-5-18-6-4-16)7-13-14(2-3-15)10(9)17/h7,12,15-16H,1-6H2. The Morgan fingerprint density at radius 2 is 2.17 bits per heavy atom. The highest BCUT2D eigenvalue weighted by Gasteiger charge is 2.08. The van der Waals surface area contributed by atoms with Crippen LogP contribution in [-0.4, -0.2) is 53.0 Å². The zero-order valence-corrected chi connectivity index (χ0v) is 10.6. The molecule has 0 aliphatic heterocycles. The molecule has 1 rings (SSSR count). The Bertz CT molecular complexity index is 424. The van der Waals surface area contributed by atoms with Crippen molar-refractivity contribution in [2.45, 2.75) is 6.54 Å². The third kappa shape index (κ3) is 4.26. The molecule has 1 heterocycles. The molecule has 18 heavy (non-hydrogen) atoms. The molecule has 1 aromatic heterocycles. The minimum Gasteiger partial charge on any atom is -0.394 e. The van der Waals surface area contributed by atoms with Crippen molar-refractivity contribution in [1.29, 1.82) is 0 Å². The highest BCUT2D eigenvalue weighted by molar-refractivity contribution is 6.32. The minimum absolute atomic E-state index is 0.0283. The maximum atomic E-state index is 11.7. The van der Waals surface area contributed by atoms with Crippen LogP contribution in [0.15, 0.2) is 11.0 Å². The van der Waals surface area contributed by atoms with E-state index in [0.29, 0.717) is 18.8 Å². The third-order valence-corrected chi connectivity index (χ3v) is 2.46. The second kappa shape index (κ2) is 8.04. The number of nitrogens with one attached hydrogen (secondary N) is 1. The fraction of sp³-hybridized carbons (Fsp3) is 0.600. The van der Waals surface area contributed by atoms with Gasteiger partial charge in [-0.2, -0.15) is 5.10 Å². The number of aliphatic hydroxyl groups is 2. The minimum atomic E-state index is -0.452. The van der Waals surface area contributed by atoms with Crippen molar-refractivity contribution in [2.75, 3.05) is 38.3 Å². The third-order valence-electron chi connectivity index (χ3n) is 2.09. The lowest BCUT2D eigenvalue weighted by atomic mass is 10.4. The summed E-state index contributed by atoms with van der Waals surface area (Å²) in [6.07, 6.45) is 1.42. The van der Waals surface area contributed by atoms with E-state index in [9.17, 15) is 4.79 Å². The molecule has 0 unspecified atom stereocenters. The number of halogens is 1. The monoisotopic (exact) mass is 277 g/mol. The number of aliphatic hydroxyl groups excluding tert-OH is 2. The molecule has 0 bridgehead atoms. The molecule has 0 fully saturated rings.